The van der Waals surface area contributed by atoms with Crippen LogP contribution in [0.1, 0.15) is 5.56 Å². The molecule has 0 atom stereocenters. The maximum absolute atomic E-state index is 12.2. The number of halogens is 3. The molecule has 25 heavy (non-hydrogen) atoms. The van der Waals surface area contributed by atoms with Gasteiger partial charge in [0.25, 0.3) is 5.24 Å². The lowest BCUT2D eigenvalue weighted by atomic mass is 10.3. The molecule has 0 bridgehead atoms. The van der Waals surface area contributed by atoms with E-state index in [4.69, 9.17) is 0 Å². The molecule has 1 aliphatic heterocycles. The number of aromatic nitrogens is 2. The van der Waals surface area contributed by atoms with Crippen molar-refractivity contribution in [3.63, 3.8) is 0 Å². The molecule has 0 saturated carbocycles. The number of thioether (sulfide) groups is 1. The van der Waals surface area contributed by atoms with Crippen LogP contribution in [0.5, 0.6) is 5.75 Å². The third-order valence-electron chi connectivity index (χ3n) is 2.99. The molecule has 1 saturated heterocycles. The molecule has 0 radical (unpaired) electrons. The Morgan fingerprint density at radius 1 is 1.32 bits per heavy atom. The van der Waals surface area contributed by atoms with Gasteiger partial charge in [0, 0.05) is 18.8 Å². The highest BCUT2D eigenvalue weighted by atomic mass is 32.2. The SMILES string of the molecule is Cn1cc(C=C2SC(=O)NC2=Nc2ccc(OC(F)(F)F)cc2)cn1. The first-order valence-electron chi connectivity index (χ1n) is 6.92. The summed E-state index contributed by atoms with van der Waals surface area (Å²) in [5, 5.41) is 6.35. The van der Waals surface area contributed by atoms with Crippen molar-refractivity contribution in [3.05, 3.63) is 47.1 Å². The topological polar surface area (TPSA) is 68.5 Å². The second-order valence-electron chi connectivity index (χ2n) is 4.97. The van der Waals surface area contributed by atoms with Gasteiger partial charge in [-0.05, 0) is 42.1 Å². The number of hydrogen-bond acceptors (Lipinski definition) is 5. The number of hydrogen-bond donors (Lipinski definition) is 1. The average Bonchev–Trinajstić information content (AvgIpc) is 3.06. The highest BCUT2D eigenvalue weighted by Crippen LogP contribution is 2.29. The molecule has 10 heteroatoms. The molecule has 0 aliphatic carbocycles. The van der Waals surface area contributed by atoms with Gasteiger partial charge < -0.3 is 10.1 Å². The van der Waals surface area contributed by atoms with Crippen LogP contribution < -0.4 is 10.1 Å². The molecule has 130 valence electrons. The van der Waals surface area contributed by atoms with Gasteiger partial charge in [-0.1, -0.05) is 0 Å². The summed E-state index contributed by atoms with van der Waals surface area (Å²) in [4.78, 5) is 16.5. The number of carbonyl (C=O) groups excluding carboxylic acids is 1. The first kappa shape index (κ1) is 17.1. The van der Waals surface area contributed by atoms with E-state index >= 15 is 0 Å². The standard InChI is InChI=1S/C15H11F3N4O2S/c1-22-8-9(7-19-22)6-12-13(21-14(23)25-12)20-10-2-4-11(5-3-10)24-15(16,17)18/h2-8H,1H3,(H,20,21,23). The second-order valence-corrected chi connectivity index (χ2v) is 5.99. The molecule has 0 unspecified atom stereocenters. The molecule has 2 aromatic rings. The minimum absolute atomic E-state index is 0.286. The summed E-state index contributed by atoms with van der Waals surface area (Å²) in [6.45, 7) is 0. The normalized spacial score (nSPS) is 18.0. The van der Waals surface area contributed by atoms with Crippen molar-refractivity contribution < 1.29 is 22.7 Å². The smallest absolute Gasteiger partial charge is 0.406 e. The first-order valence-corrected chi connectivity index (χ1v) is 7.74. The van der Waals surface area contributed by atoms with E-state index in [1.807, 2.05) is 0 Å². The third-order valence-corrected chi connectivity index (χ3v) is 3.81. The van der Waals surface area contributed by atoms with E-state index in [-0.39, 0.29) is 11.0 Å². The number of amidine groups is 1. The van der Waals surface area contributed by atoms with Crippen LogP contribution in [0.3, 0.4) is 0 Å². The van der Waals surface area contributed by atoms with Crippen molar-refractivity contribution in [2.45, 2.75) is 6.36 Å². The van der Waals surface area contributed by atoms with Crippen molar-refractivity contribution in [3.8, 4) is 5.75 Å². The zero-order valence-electron chi connectivity index (χ0n) is 12.7. The molecule has 1 aromatic heterocycles. The Labute approximate surface area is 144 Å². The lowest BCUT2D eigenvalue weighted by Crippen LogP contribution is -2.18. The molecule has 0 spiro atoms. The minimum atomic E-state index is -4.75. The Balaban J connectivity index is 1.83. The van der Waals surface area contributed by atoms with Crippen molar-refractivity contribution in [1.29, 1.82) is 0 Å². The van der Waals surface area contributed by atoms with Crippen LogP contribution in [0.4, 0.5) is 23.7 Å². The van der Waals surface area contributed by atoms with Crippen molar-refractivity contribution in [1.82, 2.24) is 15.1 Å². The lowest BCUT2D eigenvalue weighted by Gasteiger charge is -2.08. The van der Waals surface area contributed by atoms with Crippen LogP contribution in [0.2, 0.25) is 0 Å². The third kappa shape index (κ3) is 4.63. The van der Waals surface area contributed by atoms with E-state index in [0.717, 1.165) is 29.5 Å². The number of rotatable bonds is 3. The van der Waals surface area contributed by atoms with Crippen LogP contribution in [-0.2, 0) is 7.05 Å². The zero-order chi connectivity index (χ0) is 18.0. The largest absolute Gasteiger partial charge is 0.573 e. The Morgan fingerprint density at radius 3 is 2.64 bits per heavy atom. The number of nitrogens with one attached hydrogen (secondary N) is 1. The van der Waals surface area contributed by atoms with Gasteiger partial charge in [0.2, 0.25) is 0 Å². The van der Waals surface area contributed by atoms with E-state index in [2.05, 4.69) is 20.1 Å². The Bertz CT molecular complexity index is 856. The summed E-state index contributed by atoms with van der Waals surface area (Å²) in [6.07, 6.45) is 0.410. The molecule has 6 nitrogen and oxygen atoms in total. The van der Waals surface area contributed by atoms with E-state index in [1.54, 1.807) is 30.2 Å². The summed E-state index contributed by atoms with van der Waals surface area (Å²) in [6, 6.07) is 5.04. The average molecular weight is 368 g/mol. The summed E-state index contributed by atoms with van der Waals surface area (Å²) < 4.78 is 41.9. The lowest BCUT2D eigenvalue weighted by molar-refractivity contribution is -0.274. The van der Waals surface area contributed by atoms with Crippen LogP contribution in [-0.4, -0.2) is 27.2 Å². The Hall–Kier alpha value is -2.75. The maximum atomic E-state index is 12.2. The summed E-state index contributed by atoms with van der Waals surface area (Å²) in [5.41, 5.74) is 1.17. The predicted octanol–water partition coefficient (Wildman–Crippen LogP) is 3.85. The molecule has 1 aromatic carbocycles. The van der Waals surface area contributed by atoms with Gasteiger partial charge in [-0.25, -0.2) is 4.99 Å². The molecular weight excluding hydrogens is 357 g/mol. The number of aliphatic imine (C=N–C) groups is 1. The first-order chi connectivity index (χ1) is 11.8. The fourth-order valence-electron chi connectivity index (χ4n) is 2.03. The number of amides is 1. The Morgan fingerprint density at radius 2 is 2.04 bits per heavy atom. The van der Waals surface area contributed by atoms with Gasteiger partial charge in [-0.15, -0.1) is 13.2 Å². The van der Waals surface area contributed by atoms with Crippen LogP contribution >= 0.6 is 11.8 Å². The number of ether oxygens (including phenoxy) is 1. The highest BCUT2D eigenvalue weighted by molar-refractivity contribution is 8.18. The highest BCUT2D eigenvalue weighted by Gasteiger charge is 2.31. The predicted molar refractivity (Wildman–Crippen MR) is 87.5 cm³/mol. The molecule has 1 fully saturated rings. The Kier molecular flexibility index (Phi) is 4.53. The van der Waals surface area contributed by atoms with Crippen LogP contribution in [0, 0.1) is 0 Å². The summed E-state index contributed by atoms with van der Waals surface area (Å²) in [7, 11) is 1.77. The number of aryl methyl sites for hydroxylation is 1. The van der Waals surface area contributed by atoms with Gasteiger partial charge in [0.15, 0.2) is 0 Å². The number of carbonyl (C=O) groups is 1. The number of alkyl halides is 3. The number of nitrogens with zero attached hydrogens (tertiary/aromatic N) is 3. The van der Waals surface area contributed by atoms with Gasteiger partial charge in [-0.2, -0.15) is 5.10 Å². The van der Waals surface area contributed by atoms with Crippen molar-refractivity contribution in [2.75, 3.05) is 0 Å². The summed E-state index contributed by atoms with van der Waals surface area (Å²) >= 11 is 0.978. The molecule has 1 aliphatic rings. The molecule has 3 rings (SSSR count). The minimum Gasteiger partial charge on any atom is -0.406 e. The monoisotopic (exact) mass is 368 g/mol. The fraction of sp³-hybridized carbons (Fsp3) is 0.133. The molecular formula is C15H11F3N4O2S. The second kappa shape index (κ2) is 6.63. The van der Waals surface area contributed by atoms with E-state index in [1.165, 1.54) is 12.1 Å². The van der Waals surface area contributed by atoms with Crippen LogP contribution in [0.15, 0.2) is 46.6 Å². The van der Waals surface area contributed by atoms with E-state index in [0.29, 0.717) is 16.4 Å². The van der Waals surface area contributed by atoms with Crippen molar-refractivity contribution >= 4 is 34.6 Å². The van der Waals surface area contributed by atoms with Gasteiger partial charge >= 0.3 is 6.36 Å². The van der Waals surface area contributed by atoms with E-state index in [9.17, 15) is 18.0 Å². The molecule has 1 N–H and O–H groups in total. The molecule has 1 amide bonds. The maximum Gasteiger partial charge on any atom is 0.573 e. The van der Waals surface area contributed by atoms with Gasteiger partial charge in [-0.3, -0.25) is 9.48 Å². The van der Waals surface area contributed by atoms with E-state index < -0.39 is 6.36 Å². The zero-order valence-corrected chi connectivity index (χ0v) is 13.6. The van der Waals surface area contributed by atoms with Crippen molar-refractivity contribution in [2.24, 2.45) is 12.0 Å². The quantitative estimate of drug-likeness (QED) is 0.894. The number of benzene rings is 1. The van der Waals surface area contributed by atoms with Gasteiger partial charge in [0.1, 0.15) is 11.6 Å². The molecule has 2 heterocycles. The summed E-state index contributed by atoms with van der Waals surface area (Å²) in [5.74, 6) is -0.0178. The van der Waals surface area contributed by atoms with Crippen LogP contribution in [0.25, 0.3) is 6.08 Å². The van der Waals surface area contributed by atoms with Gasteiger partial charge in [0.05, 0.1) is 16.8 Å². The fourth-order valence-corrected chi connectivity index (χ4v) is 2.77.